The third-order valence-electron chi connectivity index (χ3n) is 1.89. The Morgan fingerprint density at radius 3 is 2.71 bits per heavy atom. The van der Waals surface area contributed by atoms with Gasteiger partial charge in [0.15, 0.2) is 11.6 Å². The summed E-state index contributed by atoms with van der Waals surface area (Å²) in [5.74, 6) is -1.78. The molecule has 1 atom stereocenters. The van der Waals surface area contributed by atoms with Crippen LogP contribution in [0.15, 0.2) is 29.3 Å². The van der Waals surface area contributed by atoms with Crippen molar-refractivity contribution >= 4 is 15.9 Å². The van der Waals surface area contributed by atoms with Gasteiger partial charge in [0.25, 0.3) is 0 Å². The predicted octanol–water partition coefficient (Wildman–Crippen LogP) is 3.30. The highest BCUT2D eigenvalue weighted by molar-refractivity contribution is 9.10. The molecule has 1 nitrogen and oxygen atoms in total. The fourth-order valence-electron chi connectivity index (χ4n) is 1.13. The fourth-order valence-corrected chi connectivity index (χ4v) is 1.75. The molecule has 1 unspecified atom stereocenters. The first kappa shape index (κ1) is 11.3. The molecular weight excluding hydrogens is 252 g/mol. The molecule has 0 saturated carbocycles. The Morgan fingerprint density at radius 1 is 1.50 bits per heavy atom. The van der Waals surface area contributed by atoms with Crippen molar-refractivity contribution in [2.24, 2.45) is 5.73 Å². The van der Waals surface area contributed by atoms with Crippen molar-refractivity contribution in [2.75, 3.05) is 0 Å². The molecule has 0 fully saturated rings. The van der Waals surface area contributed by atoms with E-state index in [-0.39, 0.29) is 10.5 Å². The van der Waals surface area contributed by atoms with Gasteiger partial charge >= 0.3 is 0 Å². The van der Waals surface area contributed by atoms with E-state index in [1.54, 1.807) is 6.08 Å². The molecule has 0 aliphatic carbocycles. The first-order valence-electron chi connectivity index (χ1n) is 4.07. The number of halogens is 3. The van der Waals surface area contributed by atoms with Gasteiger partial charge in [-0.2, -0.15) is 0 Å². The summed E-state index contributed by atoms with van der Waals surface area (Å²) in [7, 11) is 0. The third-order valence-corrected chi connectivity index (χ3v) is 2.69. The van der Waals surface area contributed by atoms with E-state index < -0.39 is 11.6 Å². The molecule has 0 saturated heterocycles. The molecule has 0 aromatic heterocycles. The Kier molecular flexibility index (Phi) is 3.77. The van der Waals surface area contributed by atoms with E-state index in [0.717, 1.165) is 6.07 Å². The van der Waals surface area contributed by atoms with E-state index in [1.165, 1.54) is 6.07 Å². The molecule has 0 spiro atoms. The quantitative estimate of drug-likeness (QED) is 0.656. The molecule has 0 aliphatic rings. The highest BCUT2D eigenvalue weighted by Crippen LogP contribution is 2.28. The maximum Gasteiger partial charge on any atom is 0.173 e. The lowest BCUT2D eigenvalue weighted by molar-refractivity contribution is 0.500. The van der Waals surface area contributed by atoms with Crippen LogP contribution in [0.2, 0.25) is 0 Å². The minimum absolute atomic E-state index is 0.0897. The van der Waals surface area contributed by atoms with Crippen molar-refractivity contribution in [3.63, 3.8) is 0 Å². The van der Waals surface area contributed by atoms with Gasteiger partial charge in [0.1, 0.15) is 0 Å². The molecule has 0 aliphatic heterocycles. The van der Waals surface area contributed by atoms with E-state index in [4.69, 9.17) is 5.73 Å². The third kappa shape index (κ3) is 2.19. The van der Waals surface area contributed by atoms with E-state index in [0.29, 0.717) is 12.0 Å². The highest BCUT2D eigenvalue weighted by Gasteiger charge is 2.14. The van der Waals surface area contributed by atoms with Gasteiger partial charge in [0.05, 0.1) is 4.47 Å². The maximum atomic E-state index is 13.1. The number of nitrogens with two attached hydrogens (primary N) is 1. The first-order valence-corrected chi connectivity index (χ1v) is 4.87. The van der Waals surface area contributed by atoms with Crippen LogP contribution in [-0.2, 0) is 0 Å². The topological polar surface area (TPSA) is 26.0 Å². The summed E-state index contributed by atoms with van der Waals surface area (Å²) in [4.78, 5) is 0. The van der Waals surface area contributed by atoms with Crippen LogP contribution >= 0.6 is 15.9 Å². The molecule has 0 heterocycles. The van der Waals surface area contributed by atoms with E-state index in [2.05, 4.69) is 22.5 Å². The standard InChI is InChI=1S/C10H10BrF2N/c1-2-3-8(14)6-4-5-7(12)10(13)9(6)11/h2,4-5,8H,1,3,14H2. The molecule has 0 amide bonds. The van der Waals surface area contributed by atoms with Crippen LogP contribution in [0.25, 0.3) is 0 Å². The Hall–Kier alpha value is -0.740. The van der Waals surface area contributed by atoms with Gasteiger partial charge < -0.3 is 5.73 Å². The molecule has 2 N–H and O–H groups in total. The van der Waals surface area contributed by atoms with E-state index in [1.807, 2.05) is 0 Å². The zero-order valence-corrected chi connectivity index (χ0v) is 9.02. The van der Waals surface area contributed by atoms with Gasteiger partial charge in [0, 0.05) is 6.04 Å². The summed E-state index contributed by atoms with van der Waals surface area (Å²) >= 11 is 2.97. The fraction of sp³-hybridized carbons (Fsp3) is 0.200. The number of benzene rings is 1. The van der Waals surface area contributed by atoms with Gasteiger partial charge in [-0.05, 0) is 34.0 Å². The van der Waals surface area contributed by atoms with Crippen molar-refractivity contribution in [3.8, 4) is 0 Å². The lowest BCUT2D eigenvalue weighted by Crippen LogP contribution is -2.10. The summed E-state index contributed by atoms with van der Waals surface area (Å²) in [5.41, 5.74) is 6.28. The molecule has 1 aromatic carbocycles. The Balaban J connectivity index is 3.10. The average molecular weight is 262 g/mol. The SMILES string of the molecule is C=CCC(N)c1ccc(F)c(F)c1Br. The summed E-state index contributed by atoms with van der Waals surface area (Å²) in [6.45, 7) is 3.53. The van der Waals surface area contributed by atoms with Gasteiger partial charge in [-0.25, -0.2) is 8.78 Å². The van der Waals surface area contributed by atoms with Gasteiger partial charge in [-0.1, -0.05) is 12.1 Å². The van der Waals surface area contributed by atoms with Crippen molar-refractivity contribution in [3.05, 3.63) is 46.5 Å². The smallest absolute Gasteiger partial charge is 0.173 e. The Labute approximate surface area is 89.7 Å². The number of hydrogen-bond donors (Lipinski definition) is 1. The van der Waals surface area contributed by atoms with Crippen LogP contribution in [0.3, 0.4) is 0 Å². The molecule has 0 bridgehead atoms. The minimum Gasteiger partial charge on any atom is -0.324 e. The molecule has 1 aromatic rings. The van der Waals surface area contributed by atoms with Crippen LogP contribution in [0.5, 0.6) is 0 Å². The second-order valence-corrected chi connectivity index (χ2v) is 3.69. The van der Waals surface area contributed by atoms with Crippen LogP contribution in [0.4, 0.5) is 8.78 Å². The Morgan fingerprint density at radius 2 is 2.14 bits per heavy atom. The highest BCUT2D eigenvalue weighted by atomic mass is 79.9. The van der Waals surface area contributed by atoms with Crippen LogP contribution in [0.1, 0.15) is 18.0 Å². The molecule has 4 heteroatoms. The van der Waals surface area contributed by atoms with Crippen molar-refractivity contribution < 1.29 is 8.78 Å². The van der Waals surface area contributed by atoms with Gasteiger partial charge in [-0.15, -0.1) is 6.58 Å². The number of hydrogen-bond acceptors (Lipinski definition) is 1. The normalized spacial score (nSPS) is 12.6. The summed E-state index contributed by atoms with van der Waals surface area (Å²) in [5, 5.41) is 0. The maximum absolute atomic E-state index is 13.1. The zero-order chi connectivity index (χ0) is 10.7. The van der Waals surface area contributed by atoms with Crippen molar-refractivity contribution in [1.82, 2.24) is 0 Å². The largest absolute Gasteiger partial charge is 0.324 e. The van der Waals surface area contributed by atoms with Crippen LogP contribution in [0, 0.1) is 11.6 Å². The lowest BCUT2D eigenvalue weighted by atomic mass is 10.0. The minimum atomic E-state index is -0.901. The van der Waals surface area contributed by atoms with E-state index in [9.17, 15) is 8.78 Å². The van der Waals surface area contributed by atoms with Gasteiger partial charge in [0.2, 0.25) is 0 Å². The predicted molar refractivity (Wildman–Crippen MR) is 55.8 cm³/mol. The molecule has 0 radical (unpaired) electrons. The molecule has 14 heavy (non-hydrogen) atoms. The molecule has 76 valence electrons. The molecular formula is C10H10BrF2N. The van der Waals surface area contributed by atoms with Gasteiger partial charge in [-0.3, -0.25) is 0 Å². The second kappa shape index (κ2) is 4.66. The van der Waals surface area contributed by atoms with Crippen molar-refractivity contribution in [1.29, 1.82) is 0 Å². The summed E-state index contributed by atoms with van der Waals surface area (Å²) in [6.07, 6.45) is 2.15. The number of rotatable bonds is 3. The summed E-state index contributed by atoms with van der Waals surface area (Å²) < 4.78 is 25.9. The lowest BCUT2D eigenvalue weighted by Gasteiger charge is -2.12. The van der Waals surface area contributed by atoms with Crippen molar-refractivity contribution in [2.45, 2.75) is 12.5 Å². The zero-order valence-electron chi connectivity index (χ0n) is 7.43. The van der Waals surface area contributed by atoms with Crippen LogP contribution in [-0.4, -0.2) is 0 Å². The van der Waals surface area contributed by atoms with E-state index >= 15 is 0 Å². The monoisotopic (exact) mass is 261 g/mol. The second-order valence-electron chi connectivity index (χ2n) is 2.90. The first-order chi connectivity index (χ1) is 6.57. The average Bonchev–Trinajstić information content (AvgIpc) is 2.15. The Bertz CT molecular complexity index is 352. The summed E-state index contributed by atoms with van der Waals surface area (Å²) in [6, 6.07) is 2.17. The molecule has 1 rings (SSSR count). The van der Waals surface area contributed by atoms with Crippen LogP contribution < -0.4 is 5.73 Å².